The summed E-state index contributed by atoms with van der Waals surface area (Å²) in [6, 6.07) is -0.0229. The van der Waals surface area contributed by atoms with Crippen molar-refractivity contribution in [3.8, 4) is 0 Å². The van der Waals surface area contributed by atoms with Gasteiger partial charge in [-0.3, -0.25) is 5.10 Å². The fourth-order valence-corrected chi connectivity index (χ4v) is 3.37. The Bertz CT molecular complexity index is 470. The van der Waals surface area contributed by atoms with E-state index in [-0.39, 0.29) is 11.1 Å². The zero-order chi connectivity index (χ0) is 14.3. The lowest BCUT2D eigenvalue weighted by Gasteiger charge is -2.16. The van der Waals surface area contributed by atoms with Gasteiger partial charge in [-0.25, -0.2) is 13.1 Å². The van der Waals surface area contributed by atoms with E-state index in [1.54, 1.807) is 6.20 Å². The van der Waals surface area contributed by atoms with Crippen LogP contribution < -0.4 is 10.0 Å². The average molecular weight is 288 g/mol. The fraction of sp³-hybridized carbons (Fsp3) is 0.750. The van der Waals surface area contributed by atoms with Gasteiger partial charge in [0.05, 0.1) is 6.20 Å². The van der Waals surface area contributed by atoms with Crippen molar-refractivity contribution >= 4 is 10.0 Å². The highest BCUT2D eigenvalue weighted by Crippen LogP contribution is 2.14. The number of H-pyrrole nitrogens is 1. The van der Waals surface area contributed by atoms with Gasteiger partial charge in [-0.2, -0.15) is 5.10 Å². The van der Waals surface area contributed by atoms with Crippen molar-refractivity contribution in [2.45, 2.75) is 57.6 Å². The van der Waals surface area contributed by atoms with Crippen LogP contribution in [0.3, 0.4) is 0 Å². The summed E-state index contributed by atoms with van der Waals surface area (Å²) < 4.78 is 27.4. The molecular weight excluding hydrogens is 264 g/mol. The van der Waals surface area contributed by atoms with E-state index < -0.39 is 10.0 Å². The lowest BCUT2D eigenvalue weighted by atomic mass is 10.1. The molecule has 0 amide bonds. The largest absolute Gasteiger partial charge is 0.313 e. The Kier molecular flexibility index (Phi) is 6.47. The SMILES string of the molecule is CCCC(CC)NS(=O)(=O)c1[nH]ncc1CNCC. The quantitative estimate of drug-likeness (QED) is 0.640. The number of aromatic amines is 1. The normalized spacial score (nSPS) is 13.6. The maximum absolute atomic E-state index is 12.3. The minimum atomic E-state index is -3.52. The van der Waals surface area contributed by atoms with Crippen molar-refractivity contribution < 1.29 is 8.42 Å². The van der Waals surface area contributed by atoms with Crippen molar-refractivity contribution in [2.75, 3.05) is 6.54 Å². The highest BCUT2D eigenvalue weighted by atomic mass is 32.2. The van der Waals surface area contributed by atoms with Gasteiger partial charge in [0.15, 0.2) is 5.03 Å². The topological polar surface area (TPSA) is 86.9 Å². The van der Waals surface area contributed by atoms with E-state index in [0.29, 0.717) is 12.1 Å². The van der Waals surface area contributed by atoms with Crippen molar-refractivity contribution in [1.29, 1.82) is 0 Å². The van der Waals surface area contributed by atoms with Crippen molar-refractivity contribution in [1.82, 2.24) is 20.2 Å². The minimum Gasteiger partial charge on any atom is -0.313 e. The zero-order valence-corrected chi connectivity index (χ0v) is 12.7. The molecule has 1 unspecified atom stereocenters. The number of hydrogen-bond acceptors (Lipinski definition) is 4. The predicted molar refractivity (Wildman–Crippen MR) is 75.3 cm³/mol. The number of aromatic nitrogens is 2. The van der Waals surface area contributed by atoms with E-state index >= 15 is 0 Å². The van der Waals surface area contributed by atoms with Crippen LogP contribution in [0.4, 0.5) is 0 Å². The Balaban J connectivity index is 2.84. The molecule has 0 saturated carbocycles. The number of nitrogens with zero attached hydrogens (tertiary/aromatic N) is 1. The van der Waals surface area contributed by atoms with E-state index in [2.05, 4.69) is 20.2 Å². The zero-order valence-electron chi connectivity index (χ0n) is 11.9. The van der Waals surface area contributed by atoms with Gasteiger partial charge in [0, 0.05) is 18.2 Å². The molecule has 0 aromatic carbocycles. The van der Waals surface area contributed by atoms with Crippen molar-refractivity contribution in [3.63, 3.8) is 0 Å². The van der Waals surface area contributed by atoms with Gasteiger partial charge in [-0.15, -0.1) is 0 Å². The molecule has 0 bridgehead atoms. The summed E-state index contributed by atoms with van der Waals surface area (Å²) in [5.74, 6) is 0. The molecule has 19 heavy (non-hydrogen) atoms. The van der Waals surface area contributed by atoms with Gasteiger partial charge in [0.1, 0.15) is 0 Å². The summed E-state index contributed by atoms with van der Waals surface area (Å²) in [7, 11) is -3.52. The highest BCUT2D eigenvalue weighted by Gasteiger charge is 2.23. The van der Waals surface area contributed by atoms with Crippen molar-refractivity contribution in [3.05, 3.63) is 11.8 Å². The molecule has 0 aliphatic carbocycles. The number of hydrogen-bond donors (Lipinski definition) is 3. The molecule has 0 spiro atoms. The smallest absolute Gasteiger partial charge is 0.258 e. The Morgan fingerprint density at radius 3 is 2.68 bits per heavy atom. The first-order valence-electron chi connectivity index (χ1n) is 6.80. The van der Waals surface area contributed by atoms with E-state index in [4.69, 9.17) is 0 Å². The Hall–Kier alpha value is -0.920. The van der Waals surface area contributed by atoms with Gasteiger partial charge in [-0.1, -0.05) is 27.2 Å². The summed E-state index contributed by atoms with van der Waals surface area (Å²) in [4.78, 5) is 0. The Morgan fingerprint density at radius 2 is 2.11 bits per heavy atom. The minimum absolute atomic E-state index is 0.0229. The third-order valence-electron chi connectivity index (χ3n) is 2.96. The first-order valence-corrected chi connectivity index (χ1v) is 8.28. The molecule has 1 atom stereocenters. The third kappa shape index (κ3) is 4.59. The standard InChI is InChI=1S/C12H24N4O2S/c1-4-7-11(5-2)16-19(17,18)12-10(8-13-6-3)9-14-15-12/h9,11,13,16H,4-8H2,1-3H3,(H,14,15). The molecule has 1 aromatic heterocycles. The van der Waals surface area contributed by atoms with Gasteiger partial charge in [0.25, 0.3) is 10.0 Å². The highest BCUT2D eigenvalue weighted by molar-refractivity contribution is 7.89. The molecule has 1 heterocycles. The van der Waals surface area contributed by atoms with Gasteiger partial charge < -0.3 is 5.32 Å². The molecule has 1 rings (SSSR count). The summed E-state index contributed by atoms with van der Waals surface area (Å²) in [5.41, 5.74) is 0.667. The monoisotopic (exact) mass is 288 g/mol. The molecule has 0 aliphatic heterocycles. The summed E-state index contributed by atoms with van der Waals surface area (Å²) in [6.45, 7) is 7.28. The van der Waals surface area contributed by atoms with Crippen molar-refractivity contribution in [2.24, 2.45) is 0 Å². The van der Waals surface area contributed by atoms with Crippen LogP contribution in [0.5, 0.6) is 0 Å². The maximum Gasteiger partial charge on any atom is 0.258 e. The predicted octanol–water partition coefficient (Wildman–Crippen LogP) is 1.38. The van der Waals surface area contributed by atoms with E-state index in [1.165, 1.54) is 0 Å². The van der Waals surface area contributed by atoms with Gasteiger partial charge in [-0.05, 0) is 19.4 Å². The van der Waals surface area contributed by atoms with Gasteiger partial charge in [0.2, 0.25) is 0 Å². The van der Waals surface area contributed by atoms with Gasteiger partial charge >= 0.3 is 0 Å². The van der Waals surface area contributed by atoms with Crippen LogP contribution in [0.2, 0.25) is 0 Å². The van der Waals surface area contributed by atoms with Crippen LogP contribution in [0.1, 0.15) is 45.6 Å². The lowest BCUT2D eigenvalue weighted by molar-refractivity contribution is 0.509. The van der Waals surface area contributed by atoms with Crippen LogP contribution in [0, 0.1) is 0 Å². The molecule has 0 saturated heterocycles. The lowest BCUT2D eigenvalue weighted by Crippen LogP contribution is -2.35. The van der Waals surface area contributed by atoms with E-state index in [9.17, 15) is 8.42 Å². The molecule has 0 radical (unpaired) electrons. The molecular formula is C12H24N4O2S. The number of rotatable bonds is 9. The Morgan fingerprint density at radius 1 is 1.37 bits per heavy atom. The third-order valence-corrected chi connectivity index (χ3v) is 4.50. The van der Waals surface area contributed by atoms with Crippen LogP contribution in [-0.2, 0) is 16.6 Å². The molecule has 3 N–H and O–H groups in total. The average Bonchev–Trinajstić information content (AvgIpc) is 2.84. The van der Waals surface area contributed by atoms with Crippen LogP contribution in [-0.4, -0.2) is 31.2 Å². The molecule has 0 fully saturated rings. The van der Waals surface area contributed by atoms with Crippen LogP contribution in [0.25, 0.3) is 0 Å². The molecule has 1 aromatic rings. The first kappa shape index (κ1) is 16.1. The summed E-state index contributed by atoms with van der Waals surface area (Å²) in [5, 5.41) is 9.70. The first-order chi connectivity index (χ1) is 9.05. The van der Waals surface area contributed by atoms with Crippen LogP contribution >= 0.6 is 0 Å². The molecule has 0 aliphatic rings. The summed E-state index contributed by atoms with van der Waals surface area (Å²) >= 11 is 0. The van der Waals surface area contributed by atoms with E-state index in [1.807, 2.05) is 20.8 Å². The fourth-order valence-electron chi connectivity index (χ4n) is 1.89. The molecule has 6 nitrogen and oxygen atoms in total. The summed E-state index contributed by atoms with van der Waals surface area (Å²) in [6.07, 6.45) is 4.13. The van der Waals surface area contributed by atoms with Crippen LogP contribution in [0.15, 0.2) is 11.2 Å². The second kappa shape index (κ2) is 7.62. The second-order valence-corrected chi connectivity index (χ2v) is 6.17. The number of sulfonamides is 1. The number of nitrogens with one attached hydrogen (secondary N) is 3. The molecule has 7 heteroatoms. The second-order valence-electron chi connectivity index (χ2n) is 4.52. The maximum atomic E-state index is 12.3. The molecule has 110 valence electrons. The Labute approximate surface area is 115 Å². The van der Waals surface area contributed by atoms with E-state index in [0.717, 1.165) is 25.8 Å².